The zero-order chi connectivity index (χ0) is 27.7. The number of carbonyl (C=O) groups excluding carboxylic acids is 2. The van der Waals surface area contributed by atoms with Crippen molar-refractivity contribution in [3.63, 3.8) is 0 Å². The third kappa shape index (κ3) is 3.99. The van der Waals surface area contributed by atoms with E-state index >= 15 is 0 Å². The fourth-order valence-electron chi connectivity index (χ4n) is 6.16. The van der Waals surface area contributed by atoms with Gasteiger partial charge < -0.3 is 25.0 Å². The van der Waals surface area contributed by atoms with Gasteiger partial charge in [-0.25, -0.2) is 0 Å². The second kappa shape index (κ2) is 10.2. The molecule has 3 aliphatic rings. The number of carbonyl (C=O) groups is 2. The number of allylic oxidation sites excluding steroid dienone is 2. The van der Waals surface area contributed by atoms with Crippen molar-refractivity contribution in [1.82, 2.24) is 15.0 Å². The van der Waals surface area contributed by atoms with Crippen LogP contribution >= 0.6 is 0 Å². The zero-order valence-electron chi connectivity index (χ0n) is 23.8. The van der Waals surface area contributed by atoms with Crippen molar-refractivity contribution >= 4 is 64.7 Å². The van der Waals surface area contributed by atoms with Crippen LogP contribution in [0, 0.1) is 32.6 Å². The molecule has 0 amide bonds. The van der Waals surface area contributed by atoms with Crippen molar-refractivity contribution < 1.29 is 14.3 Å². The number of methoxy groups -OCH3 is 1. The minimum Gasteiger partial charge on any atom is -0.664 e. The molecule has 2 aliphatic heterocycles. The fraction of sp³-hybridized carbons (Fsp3) is 0.312. The van der Waals surface area contributed by atoms with Gasteiger partial charge in [0.1, 0.15) is 5.92 Å². The Morgan fingerprint density at radius 1 is 1.02 bits per heavy atom. The summed E-state index contributed by atoms with van der Waals surface area (Å²) in [5.74, 6) is -1.85. The molecule has 200 valence electrons. The molecule has 8 heteroatoms. The Balaban J connectivity index is 0.00000323. The number of hydrogen-bond donors (Lipinski definition) is 0. The van der Waals surface area contributed by atoms with Gasteiger partial charge in [-0.1, -0.05) is 72.6 Å². The smallest absolute Gasteiger partial charge is 0.664 e. The maximum Gasteiger partial charge on any atom is 2.00 e. The molecule has 3 aromatic rings. The van der Waals surface area contributed by atoms with E-state index in [0.717, 1.165) is 62.0 Å². The van der Waals surface area contributed by atoms with Crippen LogP contribution in [0.5, 0.6) is 0 Å². The molecule has 1 aliphatic carbocycles. The standard InChI is InChI=1S/C32H31N4O3.Mg/c1-8-18-15(4)21-11-20-14(3)10-26(33-20)28-29(32(38)39-7)31(37)27-17(6)23(36-30(27)28)13-25-19(9-2)16(5)22(35-25)12-24(18)34-21;/h8,11-14,29H,1,9-10H2,2-7H3,(H-,33,36,37);/q-3;+2/p-1/b20-11-,22-12-,25-13-;/t14-,29+;/m0./s1. The fourth-order valence-corrected chi connectivity index (χ4v) is 6.16. The molecule has 2 atom stereocenters. The quantitative estimate of drug-likeness (QED) is 0.286. The van der Waals surface area contributed by atoms with Gasteiger partial charge in [0.25, 0.3) is 0 Å². The number of aromatic nitrogens is 3. The topological polar surface area (TPSA) is 99.8 Å². The van der Waals surface area contributed by atoms with E-state index in [0.29, 0.717) is 34.6 Å². The van der Waals surface area contributed by atoms with E-state index in [1.165, 1.54) is 7.11 Å². The molecule has 1 saturated heterocycles. The van der Waals surface area contributed by atoms with E-state index < -0.39 is 11.9 Å². The molecule has 0 spiro atoms. The van der Waals surface area contributed by atoms with Crippen molar-refractivity contribution in [2.24, 2.45) is 11.8 Å². The third-order valence-electron chi connectivity index (χ3n) is 8.38. The summed E-state index contributed by atoms with van der Waals surface area (Å²) < 4.78 is 5.07. The Morgan fingerprint density at radius 3 is 2.40 bits per heavy atom. The summed E-state index contributed by atoms with van der Waals surface area (Å²) >= 11 is 0. The Hall–Kier alpha value is -3.49. The second-order valence-electron chi connectivity index (χ2n) is 10.6. The van der Waals surface area contributed by atoms with Crippen LogP contribution < -0.4 is 25.7 Å². The summed E-state index contributed by atoms with van der Waals surface area (Å²) in [4.78, 5) is 41.5. The minimum absolute atomic E-state index is 0. The first-order chi connectivity index (χ1) is 18.7. The molecule has 0 saturated carbocycles. The van der Waals surface area contributed by atoms with Crippen molar-refractivity contribution in [1.29, 1.82) is 0 Å². The van der Waals surface area contributed by atoms with Crippen LogP contribution in [0.15, 0.2) is 18.0 Å². The van der Waals surface area contributed by atoms with Crippen LogP contribution in [0.4, 0.5) is 0 Å². The number of rotatable bonds is 3. The molecule has 3 aromatic heterocycles. The molecule has 8 bridgehead atoms. The first kappa shape index (κ1) is 28.0. The average Bonchev–Trinajstić information content (AvgIpc) is 3.66. The predicted molar refractivity (Wildman–Crippen MR) is 157 cm³/mol. The summed E-state index contributed by atoms with van der Waals surface area (Å²) in [5, 5.41) is 6.65. The maximum atomic E-state index is 13.7. The Labute approximate surface area is 249 Å². The first-order valence-corrected chi connectivity index (χ1v) is 13.3. The van der Waals surface area contributed by atoms with E-state index in [9.17, 15) is 9.59 Å². The van der Waals surface area contributed by atoms with E-state index in [1.54, 1.807) is 0 Å². The summed E-state index contributed by atoms with van der Waals surface area (Å²) in [6.45, 7) is 14.2. The SMILES string of the molecule is C=Cc1c2[n-]c(c1C)/C=C1\[N-]/C(=C3\c4[n-]c(c(C)c4C(=O)[C@@H]3C(=O)OC)/C=c3\[n-]/c(c(C)c3CC)=C\2)C[C@@H]1C.[Mg+2]. The molecule has 0 radical (unpaired) electrons. The molecule has 0 aromatic carbocycles. The molecule has 7 nitrogen and oxygen atoms in total. The zero-order valence-corrected chi connectivity index (χ0v) is 25.2. The van der Waals surface area contributed by atoms with Gasteiger partial charge in [0.15, 0.2) is 5.78 Å². The number of Topliss-reactive ketones (excluding diaryl/α,β-unsaturated/α-hetero) is 1. The first-order valence-electron chi connectivity index (χ1n) is 13.3. The van der Waals surface area contributed by atoms with E-state index in [2.05, 4.69) is 27.4 Å². The molecular weight excluding hydrogens is 513 g/mol. The summed E-state index contributed by atoms with van der Waals surface area (Å²) in [6, 6.07) is 0. The number of hydrogen-bond acceptors (Lipinski definition) is 3. The van der Waals surface area contributed by atoms with Crippen LogP contribution in [0.2, 0.25) is 0 Å². The van der Waals surface area contributed by atoms with Gasteiger partial charge in [-0.2, -0.15) is 11.4 Å². The summed E-state index contributed by atoms with van der Waals surface area (Å²) in [5.41, 5.74) is 10.4. The average molecular weight is 543 g/mol. The van der Waals surface area contributed by atoms with Crippen molar-refractivity contribution in [2.75, 3.05) is 7.11 Å². The molecule has 40 heavy (non-hydrogen) atoms. The largest absolute Gasteiger partial charge is 2.00 e. The Morgan fingerprint density at radius 2 is 1.73 bits per heavy atom. The van der Waals surface area contributed by atoms with Gasteiger partial charge in [-0.3, -0.25) is 9.59 Å². The monoisotopic (exact) mass is 542 g/mol. The van der Waals surface area contributed by atoms with Gasteiger partial charge in [0, 0.05) is 5.56 Å². The molecule has 0 unspecified atom stereocenters. The normalized spacial score (nSPS) is 23.8. The number of ketones is 1. The molecule has 5 heterocycles. The predicted octanol–water partition coefficient (Wildman–Crippen LogP) is 3.43. The summed E-state index contributed by atoms with van der Waals surface area (Å²) in [6.07, 6.45) is 9.21. The van der Waals surface area contributed by atoms with Gasteiger partial charge in [0.2, 0.25) is 0 Å². The number of esters is 1. The summed E-state index contributed by atoms with van der Waals surface area (Å²) in [7, 11) is 1.31. The Kier molecular flexibility index (Phi) is 7.12. The van der Waals surface area contributed by atoms with Crippen molar-refractivity contribution in [2.45, 2.75) is 47.5 Å². The minimum atomic E-state index is -1.06. The molecular formula is C32H30MgN4O3-2. The van der Waals surface area contributed by atoms with Crippen LogP contribution in [-0.4, -0.2) is 41.9 Å². The number of fused-ring (bicyclic) bond motifs is 7. The van der Waals surface area contributed by atoms with Gasteiger partial charge in [-0.05, 0) is 45.1 Å². The number of nitrogens with zero attached hydrogens (tertiary/aromatic N) is 4. The van der Waals surface area contributed by atoms with Crippen molar-refractivity contribution in [3.8, 4) is 0 Å². The molecule has 0 N–H and O–H groups in total. The maximum absolute atomic E-state index is 13.7. The van der Waals surface area contributed by atoms with Gasteiger partial charge in [0.05, 0.1) is 7.11 Å². The van der Waals surface area contributed by atoms with Crippen LogP contribution in [0.3, 0.4) is 0 Å². The second-order valence-corrected chi connectivity index (χ2v) is 10.6. The molecule has 6 rings (SSSR count). The molecule has 1 fully saturated rings. The third-order valence-corrected chi connectivity index (χ3v) is 8.38. The Bertz CT molecular complexity index is 1790. The van der Waals surface area contributed by atoms with Crippen molar-refractivity contribution in [3.05, 3.63) is 90.1 Å². The van der Waals surface area contributed by atoms with Crippen LogP contribution in [0.25, 0.3) is 35.2 Å². The van der Waals surface area contributed by atoms with Gasteiger partial charge in [-0.15, -0.1) is 33.5 Å². The van der Waals surface area contributed by atoms with E-state index in [-0.39, 0.29) is 34.8 Å². The van der Waals surface area contributed by atoms with Crippen LogP contribution in [0.1, 0.15) is 81.2 Å². The van der Waals surface area contributed by atoms with E-state index in [1.807, 2.05) is 38.2 Å². The number of ether oxygens (including phenoxy) is 1. The van der Waals surface area contributed by atoms with Gasteiger partial charge >= 0.3 is 29.0 Å². The van der Waals surface area contributed by atoms with Crippen LogP contribution in [-0.2, 0) is 16.0 Å². The van der Waals surface area contributed by atoms with E-state index in [4.69, 9.17) is 25.0 Å².